The van der Waals surface area contributed by atoms with Crippen LogP contribution in [0.3, 0.4) is 0 Å². The lowest BCUT2D eigenvalue weighted by molar-refractivity contribution is -0.872. The number of hydrogen-bond acceptors (Lipinski definition) is 8. The van der Waals surface area contributed by atoms with Crippen LogP contribution in [0.4, 0.5) is 0 Å². The van der Waals surface area contributed by atoms with E-state index in [0.717, 1.165) is 63.0 Å². The monoisotopic (exact) mass is 548 g/mol. The molecule has 2 aromatic rings. The topological polar surface area (TPSA) is 78.9 Å². The Kier molecular flexibility index (Phi) is 12.7. The fraction of sp³-hybridized carbons (Fsp3) is 0.636. The van der Waals surface area contributed by atoms with Crippen molar-refractivity contribution in [2.24, 2.45) is 0 Å². The average Bonchev–Trinajstić information content (AvgIpc) is 3.45. The number of unbranched alkanes of at least 4 members (excludes halogenated alkanes) is 3. The third kappa shape index (κ3) is 8.13. The fourth-order valence-corrected chi connectivity index (χ4v) is 5.22. The molecule has 2 aromatic heterocycles. The van der Waals surface area contributed by atoms with E-state index in [4.69, 9.17) is 9.47 Å². The minimum absolute atomic E-state index is 0. The molecular formula is C22H34Cl2N6O2S2. The van der Waals surface area contributed by atoms with Gasteiger partial charge in [0.2, 0.25) is 0 Å². The first kappa shape index (κ1) is 28.9. The summed E-state index contributed by atoms with van der Waals surface area (Å²) in [6.07, 6.45) is 11.0. The maximum Gasteiger partial charge on any atom is 0.253 e. The molecule has 2 unspecified atom stereocenters. The van der Waals surface area contributed by atoms with Crippen LogP contribution in [0.2, 0.25) is 0 Å². The van der Waals surface area contributed by atoms with Crippen molar-refractivity contribution in [3.05, 3.63) is 23.5 Å². The first-order valence-electron chi connectivity index (χ1n) is 11.6. The fourth-order valence-electron chi connectivity index (χ4n) is 4.16. The van der Waals surface area contributed by atoms with Crippen LogP contribution in [0.25, 0.3) is 11.1 Å². The molecule has 34 heavy (non-hydrogen) atoms. The van der Waals surface area contributed by atoms with E-state index in [1.54, 1.807) is 0 Å². The summed E-state index contributed by atoms with van der Waals surface area (Å²) in [5.74, 6) is 1.40. The second kappa shape index (κ2) is 15.0. The van der Waals surface area contributed by atoms with Crippen molar-refractivity contribution < 1.29 is 44.1 Å². The number of halogens is 2. The zero-order chi connectivity index (χ0) is 22.2. The number of hydrogen-bond donors (Lipinski definition) is 2. The second-order valence-corrected chi connectivity index (χ2v) is 9.81. The summed E-state index contributed by atoms with van der Waals surface area (Å²) in [4.78, 5) is 3.02. The Balaban J connectivity index is 0.00000204. The molecular weight excluding hydrogens is 515 g/mol. The molecule has 0 radical (unpaired) electrons. The van der Waals surface area contributed by atoms with Crippen molar-refractivity contribution >= 4 is 34.6 Å². The van der Waals surface area contributed by atoms with E-state index in [0.29, 0.717) is 25.0 Å². The molecule has 2 atom stereocenters. The first-order valence-corrected chi connectivity index (χ1v) is 13.1. The SMILES string of the molecule is C[NH+]1CCC=C(c2nsnc2OCCCCCCOc2nsnc2C2=CCC[NH+](C)C2)C1.[Cl-].[Cl-]. The van der Waals surface area contributed by atoms with Crippen molar-refractivity contribution in [1.29, 1.82) is 0 Å². The molecule has 4 heterocycles. The van der Waals surface area contributed by atoms with Crippen LogP contribution in [-0.4, -0.2) is 71.0 Å². The molecule has 0 aliphatic carbocycles. The third-order valence-corrected chi connectivity index (χ3v) is 6.97. The summed E-state index contributed by atoms with van der Waals surface area (Å²) < 4.78 is 29.6. The van der Waals surface area contributed by atoms with E-state index < -0.39 is 0 Å². The molecule has 12 heteroatoms. The molecule has 2 N–H and O–H groups in total. The second-order valence-electron chi connectivity index (χ2n) is 8.75. The molecule has 0 saturated heterocycles. The van der Waals surface area contributed by atoms with Gasteiger partial charge in [0.25, 0.3) is 11.8 Å². The van der Waals surface area contributed by atoms with Gasteiger partial charge >= 0.3 is 0 Å². The summed E-state index contributed by atoms with van der Waals surface area (Å²) in [7, 11) is 4.44. The van der Waals surface area contributed by atoms with Crippen LogP contribution in [0.15, 0.2) is 12.2 Å². The first-order chi connectivity index (χ1) is 15.7. The van der Waals surface area contributed by atoms with Crippen LogP contribution in [0.5, 0.6) is 11.8 Å². The number of quaternary nitrogens is 2. The molecule has 2 aliphatic rings. The van der Waals surface area contributed by atoms with Gasteiger partial charge in [-0.15, -0.1) is 8.75 Å². The van der Waals surface area contributed by atoms with Gasteiger partial charge in [-0.3, -0.25) is 0 Å². The Bertz CT molecular complexity index is 862. The summed E-state index contributed by atoms with van der Waals surface area (Å²) in [6.45, 7) is 5.70. The van der Waals surface area contributed by atoms with Gasteiger partial charge in [0.1, 0.15) is 24.5 Å². The zero-order valence-corrected chi connectivity index (χ0v) is 23.0. The van der Waals surface area contributed by atoms with Gasteiger partial charge < -0.3 is 44.1 Å². The molecule has 8 nitrogen and oxygen atoms in total. The van der Waals surface area contributed by atoms with E-state index in [2.05, 4.69) is 43.7 Å². The predicted molar refractivity (Wildman–Crippen MR) is 128 cm³/mol. The molecule has 0 bridgehead atoms. The number of nitrogens with one attached hydrogen (secondary N) is 2. The number of likely N-dealkylation sites (N-methyl/N-ethyl adjacent to an activating group) is 2. The maximum atomic E-state index is 5.95. The minimum Gasteiger partial charge on any atom is -1.00 e. The third-order valence-electron chi connectivity index (χ3n) is 5.95. The van der Waals surface area contributed by atoms with Gasteiger partial charge in [0, 0.05) is 24.0 Å². The van der Waals surface area contributed by atoms with E-state index in [1.165, 1.54) is 57.5 Å². The number of aromatic nitrogens is 4. The highest BCUT2D eigenvalue weighted by Gasteiger charge is 2.21. The molecule has 190 valence electrons. The van der Waals surface area contributed by atoms with Gasteiger partial charge in [0.15, 0.2) is 0 Å². The quantitative estimate of drug-likeness (QED) is 0.274. The van der Waals surface area contributed by atoms with Crippen molar-refractivity contribution in [2.75, 3.05) is 53.5 Å². The highest BCUT2D eigenvalue weighted by Crippen LogP contribution is 2.25. The minimum atomic E-state index is 0. The molecule has 0 saturated carbocycles. The van der Waals surface area contributed by atoms with Gasteiger partial charge in [0.05, 0.1) is 63.9 Å². The lowest BCUT2D eigenvalue weighted by Gasteiger charge is -2.19. The van der Waals surface area contributed by atoms with Crippen molar-refractivity contribution in [3.63, 3.8) is 0 Å². The largest absolute Gasteiger partial charge is 1.00 e. The zero-order valence-electron chi connectivity index (χ0n) is 19.8. The van der Waals surface area contributed by atoms with E-state index in [9.17, 15) is 0 Å². The van der Waals surface area contributed by atoms with Gasteiger partial charge in [-0.25, -0.2) is 0 Å². The van der Waals surface area contributed by atoms with Crippen molar-refractivity contribution in [2.45, 2.75) is 38.5 Å². The molecule has 2 aliphatic heterocycles. The number of ether oxygens (including phenoxy) is 2. The summed E-state index contributed by atoms with van der Waals surface area (Å²) in [6, 6.07) is 0. The molecule has 0 aromatic carbocycles. The summed E-state index contributed by atoms with van der Waals surface area (Å²) >= 11 is 2.48. The standard InChI is InChI=1S/C22H32N6O2S2.2ClH/c1-27-11-7-9-17(15-27)19-21(25-31-23-19)29-13-5-3-4-6-14-30-22-20(24-32-26-22)18-10-8-12-28(2)16-18;;/h9-10H,3-8,11-16H2,1-2H3;2*1H. The van der Waals surface area contributed by atoms with E-state index in [-0.39, 0.29) is 24.8 Å². The Hall–Kier alpha value is -1.30. The Labute approximate surface area is 222 Å². The van der Waals surface area contributed by atoms with E-state index >= 15 is 0 Å². The Morgan fingerprint density at radius 1 is 0.706 bits per heavy atom. The normalized spacial score (nSPS) is 19.9. The lowest BCUT2D eigenvalue weighted by atomic mass is 10.1. The smallest absolute Gasteiger partial charge is 0.253 e. The Morgan fingerprint density at radius 2 is 1.15 bits per heavy atom. The van der Waals surface area contributed by atoms with Gasteiger partial charge in [-0.1, -0.05) is 12.2 Å². The summed E-state index contributed by atoms with van der Waals surface area (Å²) in [5, 5.41) is 0. The van der Waals surface area contributed by atoms with Crippen LogP contribution in [0.1, 0.15) is 49.9 Å². The molecule has 4 rings (SSSR count). The summed E-state index contributed by atoms with van der Waals surface area (Å²) in [5.41, 5.74) is 4.41. The molecule has 0 fully saturated rings. The van der Waals surface area contributed by atoms with E-state index in [1.807, 2.05) is 0 Å². The van der Waals surface area contributed by atoms with Crippen molar-refractivity contribution in [3.8, 4) is 11.8 Å². The van der Waals surface area contributed by atoms with Crippen LogP contribution < -0.4 is 44.1 Å². The van der Waals surface area contributed by atoms with Gasteiger partial charge in [-0.05, 0) is 25.7 Å². The lowest BCUT2D eigenvalue weighted by Crippen LogP contribution is -3.09. The highest BCUT2D eigenvalue weighted by atomic mass is 35.5. The van der Waals surface area contributed by atoms with Crippen LogP contribution >= 0.6 is 23.5 Å². The maximum absolute atomic E-state index is 5.95. The van der Waals surface area contributed by atoms with Crippen LogP contribution in [0, 0.1) is 0 Å². The molecule has 0 amide bonds. The van der Waals surface area contributed by atoms with Crippen LogP contribution in [-0.2, 0) is 0 Å². The Morgan fingerprint density at radius 3 is 1.56 bits per heavy atom. The number of nitrogens with zero attached hydrogens (tertiary/aromatic N) is 4. The highest BCUT2D eigenvalue weighted by molar-refractivity contribution is 6.99. The predicted octanol–water partition coefficient (Wildman–Crippen LogP) is -4.98. The average molecular weight is 550 g/mol. The van der Waals surface area contributed by atoms with Crippen molar-refractivity contribution in [1.82, 2.24) is 17.5 Å². The number of rotatable bonds is 11. The van der Waals surface area contributed by atoms with Gasteiger partial charge in [-0.2, -0.15) is 8.75 Å². The molecule has 0 spiro atoms.